The molecule has 0 bridgehead atoms. The second-order valence-electron chi connectivity index (χ2n) is 7.52. The number of amides is 1. The molecule has 1 aromatic heterocycles. The van der Waals surface area contributed by atoms with Crippen LogP contribution in [0.25, 0.3) is 11.0 Å². The van der Waals surface area contributed by atoms with Crippen molar-refractivity contribution >= 4 is 40.2 Å². The maximum absolute atomic E-state index is 13.5. The van der Waals surface area contributed by atoms with Crippen LogP contribution in [0, 0.1) is 0 Å². The average Bonchev–Trinajstić information content (AvgIpc) is 3.07. The number of halogens is 1. The first-order valence-corrected chi connectivity index (χ1v) is 12.0. The van der Waals surface area contributed by atoms with Crippen molar-refractivity contribution in [3.63, 3.8) is 0 Å². The number of likely N-dealkylation sites (N-methyl/N-ethyl adjacent to an activating group) is 1. The van der Waals surface area contributed by atoms with Gasteiger partial charge in [0.25, 0.3) is 5.91 Å². The van der Waals surface area contributed by atoms with Gasteiger partial charge in [0.2, 0.25) is 5.76 Å². The van der Waals surface area contributed by atoms with Crippen molar-refractivity contribution in [3.8, 4) is 0 Å². The SMILES string of the molecule is CCN(CC)CCN1C(=O)c2oc3ccc(Cl)cc3c(=O)c2C1c1ccc(SC)cc1. The van der Waals surface area contributed by atoms with Crippen molar-refractivity contribution in [2.24, 2.45) is 0 Å². The topological polar surface area (TPSA) is 53.8 Å². The van der Waals surface area contributed by atoms with E-state index in [1.165, 1.54) is 0 Å². The Kier molecular flexibility index (Phi) is 6.42. The summed E-state index contributed by atoms with van der Waals surface area (Å²) in [5.41, 5.74) is 1.48. The lowest BCUT2D eigenvalue weighted by Crippen LogP contribution is -2.37. The first-order valence-electron chi connectivity index (χ1n) is 10.4. The van der Waals surface area contributed by atoms with Gasteiger partial charge in [0.15, 0.2) is 5.43 Å². The van der Waals surface area contributed by atoms with Gasteiger partial charge >= 0.3 is 0 Å². The van der Waals surface area contributed by atoms with E-state index in [1.807, 2.05) is 30.5 Å². The Balaban J connectivity index is 1.86. The van der Waals surface area contributed by atoms with E-state index in [9.17, 15) is 9.59 Å². The van der Waals surface area contributed by atoms with Gasteiger partial charge in [0.05, 0.1) is 17.0 Å². The highest BCUT2D eigenvalue weighted by Gasteiger charge is 2.42. The predicted octanol–water partition coefficient (Wildman–Crippen LogP) is 5.06. The van der Waals surface area contributed by atoms with Gasteiger partial charge in [-0.05, 0) is 55.2 Å². The van der Waals surface area contributed by atoms with E-state index >= 15 is 0 Å². The molecule has 4 rings (SSSR count). The zero-order chi connectivity index (χ0) is 22.1. The molecule has 7 heteroatoms. The third kappa shape index (κ3) is 4.00. The third-order valence-electron chi connectivity index (χ3n) is 5.91. The summed E-state index contributed by atoms with van der Waals surface area (Å²) in [4.78, 5) is 32.1. The number of fused-ring (bicyclic) bond motifs is 2. The highest BCUT2D eigenvalue weighted by Crippen LogP contribution is 2.38. The van der Waals surface area contributed by atoms with Crippen molar-refractivity contribution in [2.75, 3.05) is 32.4 Å². The molecular formula is C24H25ClN2O3S. The second-order valence-corrected chi connectivity index (χ2v) is 8.83. The average molecular weight is 457 g/mol. The fourth-order valence-electron chi connectivity index (χ4n) is 4.14. The molecule has 2 aromatic carbocycles. The van der Waals surface area contributed by atoms with Crippen molar-refractivity contribution in [1.82, 2.24) is 9.80 Å². The van der Waals surface area contributed by atoms with Gasteiger partial charge in [0, 0.05) is 23.0 Å². The van der Waals surface area contributed by atoms with E-state index in [4.69, 9.17) is 16.0 Å². The number of hydrogen-bond acceptors (Lipinski definition) is 5. The van der Waals surface area contributed by atoms with Gasteiger partial charge < -0.3 is 14.2 Å². The van der Waals surface area contributed by atoms with Crippen molar-refractivity contribution in [1.29, 1.82) is 0 Å². The molecule has 5 nitrogen and oxygen atoms in total. The molecular weight excluding hydrogens is 432 g/mol. The number of carbonyl (C=O) groups excluding carboxylic acids is 1. The largest absolute Gasteiger partial charge is 0.450 e. The minimum Gasteiger partial charge on any atom is -0.450 e. The molecule has 162 valence electrons. The van der Waals surface area contributed by atoms with Crippen LogP contribution in [0.1, 0.15) is 41.6 Å². The van der Waals surface area contributed by atoms with Crippen molar-refractivity contribution < 1.29 is 9.21 Å². The number of rotatable bonds is 7. The lowest BCUT2D eigenvalue weighted by atomic mass is 9.98. The van der Waals surface area contributed by atoms with E-state index in [1.54, 1.807) is 34.9 Å². The lowest BCUT2D eigenvalue weighted by Gasteiger charge is -2.28. The van der Waals surface area contributed by atoms with Gasteiger partial charge in [-0.15, -0.1) is 11.8 Å². The van der Waals surface area contributed by atoms with Crippen molar-refractivity contribution in [2.45, 2.75) is 24.8 Å². The Morgan fingerprint density at radius 3 is 2.45 bits per heavy atom. The number of nitrogens with zero attached hydrogens (tertiary/aromatic N) is 2. The Hall–Kier alpha value is -2.28. The first-order chi connectivity index (χ1) is 15.0. The van der Waals surface area contributed by atoms with E-state index in [0.717, 1.165) is 30.1 Å². The zero-order valence-electron chi connectivity index (χ0n) is 17.9. The summed E-state index contributed by atoms with van der Waals surface area (Å²) in [6.45, 7) is 7.24. The molecule has 0 spiro atoms. The zero-order valence-corrected chi connectivity index (χ0v) is 19.4. The Bertz CT molecular complexity index is 1170. The molecule has 0 N–H and O–H groups in total. The standard InChI is InChI=1S/C24H25ClN2O3S/c1-4-26(5-2)12-13-27-21(15-6-9-17(31-3)10-7-15)20-22(28)18-14-16(25)8-11-19(18)30-23(20)24(27)29/h6-11,14,21H,4-5,12-13H2,1-3H3. The molecule has 3 aromatic rings. The van der Waals surface area contributed by atoms with E-state index in [-0.39, 0.29) is 17.1 Å². The Morgan fingerprint density at radius 1 is 1.10 bits per heavy atom. The highest BCUT2D eigenvalue weighted by molar-refractivity contribution is 7.98. The number of thioether (sulfide) groups is 1. The molecule has 1 unspecified atom stereocenters. The summed E-state index contributed by atoms with van der Waals surface area (Å²) in [6.07, 6.45) is 2.02. The molecule has 1 amide bonds. The van der Waals surface area contributed by atoms with Crippen LogP contribution in [0.4, 0.5) is 0 Å². The molecule has 0 saturated heterocycles. The van der Waals surface area contributed by atoms with Gasteiger partial charge in [-0.3, -0.25) is 9.59 Å². The van der Waals surface area contributed by atoms with Gasteiger partial charge in [-0.25, -0.2) is 0 Å². The van der Waals surface area contributed by atoms with Gasteiger partial charge in [0.1, 0.15) is 5.58 Å². The second kappa shape index (κ2) is 9.07. The summed E-state index contributed by atoms with van der Waals surface area (Å²) in [6, 6.07) is 12.5. The highest BCUT2D eigenvalue weighted by atomic mass is 35.5. The van der Waals surface area contributed by atoms with Crippen LogP contribution in [0.15, 0.2) is 56.6 Å². The number of benzene rings is 2. The van der Waals surface area contributed by atoms with Crippen LogP contribution in [0.5, 0.6) is 0 Å². The monoisotopic (exact) mass is 456 g/mol. The summed E-state index contributed by atoms with van der Waals surface area (Å²) >= 11 is 7.79. The molecule has 2 heterocycles. The fourth-order valence-corrected chi connectivity index (χ4v) is 4.73. The summed E-state index contributed by atoms with van der Waals surface area (Å²) in [5.74, 6) is -0.103. The number of hydrogen-bond donors (Lipinski definition) is 0. The van der Waals surface area contributed by atoms with E-state index < -0.39 is 6.04 Å². The normalized spacial score (nSPS) is 15.8. The maximum atomic E-state index is 13.5. The van der Waals surface area contributed by atoms with Crippen LogP contribution in [-0.2, 0) is 0 Å². The van der Waals surface area contributed by atoms with Crippen LogP contribution >= 0.6 is 23.4 Å². The van der Waals surface area contributed by atoms with Crippen LogP contribution in [0.3, 0.4) is 0 Å². The predicted molar refractivity (Wildman–Crippen MR) is 126 cm³/mol. The maximum Gasteiger partial charge on any atom is 0.290 e. The van der Waals surface area contributed by atoms with Crippen LogP contribution in [0.2, 0.25) is 5.02 Å². The molecule has 1 aliphatic rings. The van der Waals surface area contributed by atoms with Crippen molar-refractivity contribution in [3.05, 3.63) is 74.6 Å². The molecule has 0 radical (unpaired) electrons. The van der Waals surface area contributed by atoms with Crippen LogP contribution in [-0.4, -0.2) is 48.1 Å². The summed E-state index contributed by atoms with van der Waals surface area (Å²) in [5, 5.41) is 0.860. The van der Waals surface area contributed by atoms with Gasteiger partial charge in [-0.2, -0.15) is 0 Å². The first kappa shape index (κ1) is 21.9. The van der Waals surface area contributed by atoms with Gasteiger partial charge in [-0.1, -0.05) is 37.6 Å². The molecule has 1 aliphatic heterocycles. The molecule has 1 atom stereocenters. The van der Waals surface area contributed by atoms with E-state index in [0.29, 0.717) is 28.1 Å². The summed E-state index contributed by atoms with van der Waals surface area (Å²) in [7, 11) is 0. The lowest BCUT2D eigenvalue weighted by molar-refractivity contribution is 0.0708. The third-order valence-corrected chi connectivity index (χ3v) is 6.89. The summed E-state index contributed by atoms with van der Waals surface area (Å²) < 4.78 is 5.97. The smallest absolute Gasteiger partial charge is 0.290 e. The minimum absolute atomic E-state index is 0.137. The molecule has 0 aliphatic carbocycles. The van der Waals surface area contributed by atoms with E-state index in [2.05, 4.69) is 18.7 Å². The van der Waals surface area contributed by atoms with Crippen LogP contribution < -0.4 is 5.43 Å². The molecule has 0 saturated carbocycles. The quantitative estimate of drug-likeness (QED) is 0.465. The number of carbonyl (C=O) groups is 1. The Morgan fingerprint density at radius 2 is 1.81 bits per heavy atom. The molecule has 31 heavy (non-hydrogen) atoms. The Labute approximate surface area is 191 Å². The molecule has 0 fully saturated rings. The minimum atomic E-state index is -0.478. The fraction of sp³-hybridized carbons (Fsp3) is 0.333.